The first-order chi connectivity index (χ1) is 7.15. The molecule has 1 unspecified atom stereocenters. The Hall–Kier alpha value is -1.50. The van der Waals surface area contributed by atoms with Gasteiger partial charge in [0.25, 0.3) is 5.91 Å². The lowest BCUT2D eigenvalue weighted by atomic mass is 9.99. The van der Waals surface area contributed by atoms with E-state index in [4.69, 9.17) is 5.11 Å². The van der Waals surface area contributed by atoms with E-state index in [0.29, 0.717) is 6.54 Å². The molecule has 0 aromatic heterocycles. The van der Waals surface area contributed by atoms with Crippen molar-refractivity contribution in [3.05, 3.63) is 0 Å². The molecular formula is C11H15NO3. The smallest absolute Gasteiger partial charge is 0.305 e. The molecule has 1 atom stereocenters. The highest BCUT2D eigenvalue weighted by Gasteiger charge is 2.27. The number of likely N-dealkylation sites (tertiary alicyclic amines) is 1. The molecule has 1 fully saturated rings. The van der Waals surface area contributed by atoms with Gasteiger partial charge in [0.15, 0.2) is 0 Å². The van der Waals surface area contributed by atoms with Gasteiger partial charge in [0.1, 0.15) is 0 Å². The summed E-state index contributed by atoms with van der Waals surface area (Å²) in [5.41, 5.74) is 0. The van der Waals surface area contributed by atoms with Crippen molar-refractivity contribution in [1.29, 1.82) is 0 Å². The fourth-order valence-electron chi connectivity index (χ4n) is 1.86. The standard InChI is InChI=1S/C11H15NO3/c1-2-5-10(13)12-7-4-3-6-9(12)8-11(14)15/h9H,3-4,6-8H2,1H3,(H,14,15). The predicted octanol–water partition coefficient (Wildman–Crippen LogP) is 0.865. The first-order valence-corrected chi connectivity index (χ1v) is 5.10. The van der Waals surface area contributed by atoms with E-state index in [1.807, 2.05) is 0 Å². The molecular weight excluding hydrogens is 194 g/mol. The third kappa shape index (κ3) is 3.28. The zero-order valence-electron chi connectivity index (χ0n) is 8.82. The second kappa shape index (κ2) is 5.40. The van der Waals surface area contributed by atoms with Crippen LogP contribution >= 0.6 is 0 Å². The maximum atomic E-state index is 11.5. The summed E-state index contributed by atoms with van der Waals surface area (Å²) in [5.74, 6) is 3.91. The average molecular weight is 209 g/mol. The molecule has 15 heavy (non-hydrogen) atoms. The Balaban J connectivity index is 2.67. The Morgan fingerprint density at radius 3 is 2.80 bits per heavy atom. The Labute approximate surface area is 89.3 Å². The normalized spacial score (nSPS) is 20.3. The van der Waals surface area contributed by atoms with Crippen LogP contribution in [-0.2, 0) is 9.59 Å². The van der Waals surface area contributed by atoms with Crippen molar-refractivity contribution in [2.75, 3.05) is 6.54 Å². The number of hydrogen-bond acceptors (Lipinski definition) is 2. The van der Waals surface area contributed by atoms with E-state index in [2.05, 4.69) is 11.8 Å². The predicted molar refractivity (Wildman–Crippen MR) is 55.1 cm³/mol. The third-order valence-corrected chi connectivity index (χ3v) is 2.53. The zero-order valence-corrected chi connectivity index (χ0v) is 8.82. The van der Waals surface area contributed by atoms with E-state index in [1.54, 1.807) is 11.8 Å². The van der Waals surface area contributed by atoms with E-state index in [9.17, 15) is 9.59 Å². The lowest BCUT2D eigenvalue weighted by Crippen LogP contribution is -2.44. The number of piperidine rings is 1. The summed E-state index contributed by atoms with van der Waals surface area (Å²) in [6.07, 6.45) is 2.72. The molecule has 1 aliphatic rings. The number of carboxylic acid groups (broad SMARTS) is 1. The average Bonchev–Trinajstić information content (AvgIpc) is 2.18. The zero-order chi connectivity index (χ0) is 11.3. The van der Waals surface area contributed by atoms with Gasteiger partial charge in [-0.3, -0.25) is 9.59 Å². The van der Waals surface area contributed by atoms with Crippen molar-refractivity contribution in [3.8, 4) is 11.8 Å². The minimum absolute atomic E-state index is 0.0249. The van der Waals surface area contributed by atoms with Gasteiger partial charge in [-0.05, 0) is 32.1 Å². The van der Waals surface area contributed by atoms with Crippen LogP contribution in [0.3, 0.4) is 0 Å². The summed E-state index contributed by atoms with van der Waals surface area (Å²) in [6, 6.07) is -0.176. The molecule has 0 spiro atoms. The Morgan fingerprint density at radius 2 is 2.20 bits per heavy atom. The van der Waals surface area contributed by atoms with Gasteiger partial charge in [-0.2, -0.15) is 0 Å². The first kappa shape index (κ1) is 11.6. The van der Waals surface area contributed by atoms with Gasteiger partial charge in [0, 0.05) is 12.6 Å². The topological polar surface area (TPSA) is 57.6 Å². The van der Waals surface area contributed by atoms with Gasteiger partial charge in [0.2, 0.25) is 0 Å². The van der Waals surface area contributed by atoms with Crippen molar-refractivity contribution in [2.45, 2.75) is 38.6 Å². The lowest BCUT2D eigenvalue weighted by molar-refractivity contribution is -0.140. The molecule has 1 aliphatic heterocycles. The maximum absolute atomic E-state index is 11.5. The number of aliphatic carboxylic acids is 1. The molecule has 0 bridgehead atoms. The summed E-state index contributed by atoms with van der Waals surface area (Å²) in [4.78, 5) is 23.8. The van der Waals surface area contributed by atoms with Crippen molar-refractivity contribution in [1.82, 2.24) is 4.90 Å². The van der Waals surface area contributed by atoms with Gasteiger partial charge in [-0.15, -0.1) is 0 Å². The van der Waals surface area contributed by atoms with Crippen LogP contribution in [0, 0.1) is 11.8 Å². The molecule has 1 heterocycles. The monoisotopic (exact) mass is 209 g/mol. The fraction of sp³-hybridized carbons (Fsp3) is 0.636. The SMILES string of the molecule is CC#CC(=O)N1CCCCC1CC(=O)O. The molecule has 1 N–H and O–H groups in total. The first-order valence-electron chi connectivity index (χ1n) is 5.10. The number of rotatable bonds is 2. The van der Waals surface area contributed by atoms with Gasteiger partial charge in [-0.25, -0.2) is 0 Å². The second-order valence-electron chi connectivity index (χ2n) is 3.62. The van der Waals surface area contributed by atoms with Crippen LogP contribution in [0.2, 0.25) is 0 Å². The maximum Gasteiger partial charge on any atom is 0.305 e. The van der Waals surface area contributed by atoms with Gasteiger partial charge in [-0.1, -0.05) is 5.92 Å². The van der Waals surface area contributed by atoms with Crippen molar-refractivity contribution in [2.24, 2.45) is 0 Å². The molecule has 4 heteroatoms. The summed E-state index contributed by atoms with van der Waals surface area (Å²) in [5, 5.41) is 8.72. The van der Waals surface area contributed by atoms with E-state index in [-0.39, 0.29) is 18.4 Å². The van der Waals surface area contributed by atoms with Crippen molar-refractivity contribution >= 4 is 11.9 Å². The number of hydrogen-bond donors (Lipinski definition) is 1. The van der Waals surface area contributed by atoms with Crippen LogP contribution in [0.4, 0.5) is 0 Å². The van der Waals surface area contributed by atoms with Crippen LogP contribution in [0.25, 0.3) is 0 Å². The highest BCUT2D eigenvalue weighted by molar-refractivity contribution is 5.94. The highest BCUT2D eigenvalue weighted by Crippen LogP contribution is 2.19. The molecule has 82 valence electrons. The highest BCUT2D eigenvalue weighted by atomic mass is 16.4. The Bertz CT molecular complexity index is 314. The molecule has 0 aromatic carbocycles. The lowest BCUT2D eigenvalue weighted by Gasteiger charge is -2.33. The molecule has 1 rings (SSSR count). The number of carboxylic acids is 1. The minimum atomic E-state index is -0.857. The summed E-state index contributed by atoms with van der Waals surface area (Å²) in [6.45, 7) is 2.24. The summed E-state index contributed by atoms with van der Waals surface area (Å²) < 4.78 is 0. The van der Waals surface area contributed by atoms with Crippen LogP contribution < -0.4 is 0 Å². The van der Waals surface area contributed by atoms with Gasteiger partial charge >= 0.3 is 5.97 Å². The molecule has 0 radical (unpaired) electrons. The van der Waals surface area contributed by atoms with E-state index >= 15 is 0 Å². The van der Waals surface area contributed by atoms with Crippen LogP contribution in [0.1, 0.15) is 32.6 Å². The fourth-order valence-corrected chi connectivity index (χ4v) is 1.86. The van der Waals surface area contributed by atoms with E-state index in [0.717, 1.165) is 19.3 Å². The molecule has 1 amide bonds. The number of amides is 1. The van der Waals surface area contributed by atoms with Crippen molar-refractivity contribution in [3.63, 3.8) is 0 Å². The molecule has 0 aromatic rings. The van der Waals surface area contributed by atoms with E-state index < -0.39 is 5.97 Å². The quantitative estimate of drug-likeness (QED) is 0.686. The molecule has 0 aliphatic carbocycles. The van der Waals surface area contributed by atoms with Crippen LogP contribution in [0.5, 0.6) is 0 Å². The second-order valence-corrected chi connectivity index (χ2v) is 3.62. The van der Waals surface area contributed by atoms with Crippen molar-refractivity contribution < 1.29 is 14.7 Å². The summed E-state index contributed by atoms with van der Waals surface area (Å²) >= 11 is 0. The Kier molecular flexibility index (Phi) is 4.17. The molecule has 4 nitrogen and oxygen atoms in total. The van der Waals surface area contributed by atoms with Crippen LogP contribution in [0.15, 0.2) is 0 Å². The molecule has 1 saturated heterocycles. The number of carbonyl (C=O) groups excluding carboxylic acids is 1. The summed E-state index contributed by atoms with van der Waals surface area (Å²) in [7, 11) is 0. The minimum Gasteiger partial charge on any atom is -0.481 e. The Morgan fingerprint density at radius 1 is 1.47 bits per heavy atom. The molecule has 0 saturated carbocycles. The number of nitrogens with zero attached hydrogens (tertiary/aromatic N) is 1. The van der Waals surface area contributed by atoms with Gasteiger partial charge < -0.3 is 10.0 Å². The van der Waals surface area contributed by atoms with E-state index in [1.165, 1.54) is 0 Å². The number of carbonyl (C=O) groups is 2. The van der Waals surface area contributed by atoms with Crippen LogP contribution in [-0.4, -0.2) is 34.5 Å². The largest absolute Gasteiger partial charge is 0.481 e. The van der Waals surface area contributed by atoms with Gasteiger partial charge in [0.05, 0.1) is 6.42 Å². The third-order valence-electron chi connectivity index (χ3n) is 2.53.